The smallest absolute Gasteiger partial charge is 0.274 e. The van der Waals surface area contributed by atoms with Gasteiger partial charge < -0.3 is 24.8 Å². The zero-order chi connectivity index (χ0) is 30.2. The lowest BCUT2D eigenvalue weighted by Gasteiger charge is -2.26. The van der Waals surface area contributed by atoms with Gasteiger partial charge in [-0.15, -0.1) is 0 Å². The van der Waals surface area contributed by atoms with E-state index in [9.17, 15) is 14.3 Å². The molecule has 0 atom stereocenters. The van der Waals surface area contributed by atoms with Gasteiger partial charge in [-0.05, 0) is 61.5 Å². The van der Waals surface area contributed by atoms with Gasteiger partial charge in [-0.2, -0.15) is 5.10 Å². The molecule has 0 unspecified atom stereocenters. The van der Waals surface area contributed by atoms with Gasteiger partial charge >= 0.3 is 0 Å². The molecule has 11 nitrogen and oxygen atoms in total. The third-order valence-electron chi connectivity index (χ3n) is 7.91. The Kier molecular flexibility index (Phi) is 7.53. The second-order valence-electron chi connectivity index (χ2n) is 11.1. The summed E-state index contributed by atoms with van der Waals surface area (Å²) < 4.78 is 14.2. The SMILES string of the molecule is CCc1cc(O)c(F)cc1-c1ccc2c(-c3nc4c([nH]3)CCN(C(=O)c3cnc(N(C)CCN(C)C)cn3)C4)n[nH]c2c1. The molecule has 1 aliphatic heterocycles. The van der Waals surface area contributed by atoms with Gasteiger partial charge in [0.25, 0.3) is 5.91 Å². The van der Waals surface area contributed by atoms with Crippen molar-refractivity contribution in [1.29, 1.82) is 0 Å². The molecular weight excluding hydrogens is 549 g/mol. The molecule has 1 amide bonds. The highest BCUT2D eigenvalue weighted by Gasteiger charge is 2.27. The number of aromatic nitrogens is 6. The minimum Gasteiger partial charge on any atom is -0.505 e. The molecule has 0 aliphatic carbocycles. The van der Waals surface area contributed by atoms with E-state index >= 15 is 0 Å². The van der Waals surface area contributed by atoms with Crippen LogP contribution in [0.25, 0.3) is 33.5 Å². The van der Waals surface area contributed by atoms with E-state index in [1.807, 2.05) is 51.2 Å². The number of phenolic OH excluding ortho intramolecular Hbond substituents is 1. The lowest BCUT2D eigenvalue weighted by atomic mass is 9.96. The summed E-state index contributed by atoms with van der Waals surface area (Å²) in [6.07, 6.45) is 4.46. The van der Waals surface area contributed by atoms with Crippen LogP contribution in [0.5, 0.6) is 5.75 Å². The number of hydrogen-bond acceptors (Lipinski definition) is 8. The first kappa shape index (κ1) is 28.3. The number of anilines is 1. The molecular formula is C31H34FN9O2. The second kappa shape index (κ2) is 11.4. The normalized spacial score (nSPS) is 13.1. The maximum atomic E-state index is 14.2. The van der Waals surface area contributed by atoms with Crippen LogP contribution in [-0.2, 0) is 19.4 Å². The first-order valence-corrected chi connectivity index (χ1v) is 14.3. The van der Waals surface area contributed by atoms with E-state index in [0.29, 0.717) is 43.1 Å². The maximum Gasteiger partial charge on any atom is 0.274 e. The molecule has 0 fully saturated rings. The van der Waals surface area contributed by atoms with E-state index in [1.165, 1.54) is 18.3 Å². The van der Waals surface area contributed by atoms with Crippen LogP contribution in [0.1, 0.15) is 34.4 Å². The molecule has 0 spiro atoms. The average Bonchev–Trinajstić information content (AvgIpc) is 3.64. The number of likely N-dealkylation sites (N-methyl/N-ethyl adjacent to an activating group) is 2. The number of nitrogens with zero attached hydrogens (tertiary/aromatic N) is 7. The third-order valence-corrected chi connectivity index (χ3v) is 7.91. The van der Waals surface area contributed by atoms with Crippen LogP contribution in [0.15, 0.2) is 42.7 Å². The molecule has 0 saturated carbocycles. The molecule has 12 heteroatoms. The molecule has 0 radical (unpaired) electrons. The highest BCUT2D eigenvalue weighted by molar-refractivity contribution is 5.94. The molecule has 0 bridgehead atoms. The zero-order valence-corrected chi connectivity index (χ0v) is 24.6. The largest absolute Gasteiger partial charge is 0.505 e. The fraction of sp³-hybridized carbons (Fsp3) is 0.323. The van der Waals surface area contributed by atoms with Gasteiger partial charge in [0.1, 0.15) is 17.2 Å². The molecule has 6 rings (SSSR count). The summed E-state index contributed by atoms with van der Waals surface area (Å²) in [5.74, 6) is 0.153. The summed E-state index contributed by atoms with van der Waals surface area (Å²) >= 11 is 0. The number of aromatic hydroxyl groups is 1. The Bertz CT molecular complexity index is 1800. The molecule has 43 heavy (non-hydrogen) atoms. The minimum absolute atomic E-state index is 0.181. The van der Waals surface area contributed by atoms with Crippen molar-refractivity contribution in [2.75, 3.05) is 45.7 Å². The van der Waals surface area contributed by atoms with E-state index in [-0.39, 0.29) is 11.7 Å². The summed E-state index contributed by atoms with van der Waals surface area (Å²) in [5, 5.41) is 18.3. The van der Waals surface area contributed by atoms with Crippen LogP contribution >= 0.6 is 0 Å². The second-order valence-corrected chi connectivity index (χ2v) is 11.1. The van der Waals surface area contributed by atoms with Gasteiger partial charge in [-0.25, -0.2) is 19.3 Å². The molecule has 2 aromatic carbocycles. The number of aromatic amines is 2. The van der Waals surface area contributed by atoms with Crippen LogP contribution in [0, 0.1) is 5.82 Å². The van der Waals surface area contributed by atoms with Crippen LogP contribution in [0.2, 0.25) is 0 Å². The Morgan fingerprint density at radius 1 is 1.12 bits per heavy atom. The summed E-state index contributed by atoms with van der Waals surface area (Å²) in [5.41, 5.74) is 5.92. The molecule has 4 heterocycles. The Morgan fingerprint density at radius 2 is 1.95 bits per heavy atom. The number of nitrogens with one attached hydrogen (secondary N) is 2. The predicted octanol–water partition coefficient (Wildman–Crippen LogP) is 4.01. The predicted molar refractivity (Wildman–Crippen MR) is 162 cm³/mol. The van der Waals surface area contributed by atoms with Crippen LogP contribution in [0.3, 0.4) is 0 Å². The number of carbonyl (C=O) groups excluding carboxylic acids is 1. The highest BCUT2D eigenvalue weighted by Crippen LogP contribution is 2.34. The number of aryl methyl sites for hydroxylation is 1. The Balaban J connectivity index is 1.19. The minimum atomic E-state index is -0.654. The number of fused-ring (bicyclic) bond motifs is 2. The quantitative estimate of drug-likeness (QED) is 0.250. The van der Waals surface area contributed by atoms with Gasteiger partial charge in [0.05, 0.1) is 30.1 Å². The molecule has 1 aliphatic rings. The van der Waals surface area contributed by atoms with E-state index in [2.05, 4.69) is 30.0 Å². The lowest BCUT2D eigenvalue weighted by Crippen LogP contribution is -2.36. The Labute approximate surface area is 248 Å². The molecule has 222 valence electrons. The molecule has 5 aromatic rings. The van der Waals surface area contributed by atoms with Crippen LogP contribution in [0.4, 0.5) is 10.2 Å². The number of phenols is 1. The highest BCUT2D eigenvalue weighted by atomic mass is 19.1. The van der Waals surface area contributed by atoms with Crippen molar-refractivity contribution in [3.63, 3.8) is 0 Å². The van der Waals surface area contributed by atoms with Crippen molar-refractivity contribution in [3.8, 4) is 28.4 Å². The fourth-order valence-electron chi connectivity index (χ4n) is 5.36. The first-order valence-electron chi connectivity index (χ1n) is 14.3. The van der Waals surface area contributed by atoms with Crippen molar-refractivity contribution in [1.82, 2.24) is 39.9 Å². The van der Waals surface area contributed by atoms with Gasteiger partial charge in [-0.1, -0.05) is 13.0 Å². The van der Waals surface area contributed by atoms with Crippen molar-refractivity contribution in [3.05, 3.63) is 71.2 Å². The zero-order valence-electron chi connectivity index (χ0n) is 24.6. The number of hydrogen-bond donors (Lipinski definition) is 3. The number of halogens is 1. The molecule has 3 aromatic heterocycles. The van der Waals surface area contributed by atoms with Gasteiger partial charge in [-0.3, -0.25) is 9.89 Å². The summed E-state index contributed by atoms with van der Waals surface area (Å²) in [4.78, 5) is 36.2. The summed E-state index contributed by atoms with van der Waals surface area (Å²) in [7, 11) is 6.00. The number of rotatable bonds is 8. The Hall–Kier alpha value is -4.84. The fourth-order valence-corrected chi connectivity index (χ4v) is 5.36. The van der Waals surface area contributed by atoms with Gasteiger partial charge in [0.15, 0.2) is 17.4 Å². The van der Waals surface area contributed by atoms with Crippen molar-refractivity contribution in [2.45, 2.75) is 26.3 Å². The monoisotopic (exact) mass is 583 g/mol. The van der Waals surface area contributed by atoms with Gasteiger partial charge in [0.2, 0.25) is 0 Å². The number of H-pyrrole nitrogens is 2. The van der Waals surface area contributed by atoms with Gasteiger partial charge in [0, 0.05) is 44.2 Å². The first-order chi connectivity index (χ1) is 20.7. The topological polar surface area (TPSA) is 130 Å². The summed E-state index contributed by atoms with van der Waals surface area (Å²) in [6, 6.07) is 8.62. The average molecular weight is 584 g/mol. The number of carbonyl (C=O) groups is 1. The van der Waals surface area contributed by atoms with E-state index in [0.717, 1.165) is 57.9 Å². The van der Waals surface area contributed by atoms with E-state index < -0.39 is 5.82 Å². The Morgan fingerprint density at radius 3 is 2.70 bits per heavy atom. The third kappa shape index (κ3) is 5.53. The standard InChI is InChI=1S/C31H34FN9O2/c1-5-18-13-27(42)22(32)14-21(18)19-6-7-20-24(12-19)37-38-29(20)30-35-23-8-9-41(17-26(23)36-30)31(43)25-15-34-28(16-33-25)40(4)11-10-39(2)3/h6-7,12-16,42H,5,8-11,17H2,1-4H3,(H,35,36)(H,37,38). The van der Waals surface area contributed by atoms with Crippen molar-refractivity contribution in [2.24, 2.45) is 0 Å². The van der Waals surface area contributed by atoms with Crippen molar-refractivity contribution >= 4 is 22.6 Å². The van der Waals surface area contributed by atoms with E-state index in [1.54, 1.807) is 11.1 Å². The van der Waals surface area contributed by atoms with Crippen LogP contribution < -0.4 is 4.90 Å². The van der Waals surface area contributed by atoms with Crippen molar-refractivity contribution < 1.29 is 14.3 Å². The molecule has 3 N–H and O–H groups in total. The van der Waals surface area contributed by atoms with E-state index in [4.69, 9.17) is 4.98 Å². The van der Waals surface area contributed by atoms with Crippen LogP contribution in [-0.4, -0.2) is 91.7 Å². The maximum absolute atomic E-state index is 14.2. The number of benzene rings is 2. The molecule has 0 saturated heterocycles. The number of amides is 1. The number of imidazole rings is 1. The summed E-state index contributed by atoms with van der Waals surface area (Å²) in [6.45, 7) is 4.54. The lowest BCUT2D eigenvalue weighted by molar-refractivity contribution is 0.0725.